The highest BCUT2D eigenvalue weighted by Gasteiger charge is 2.10. The van der Waals surface area contributed by atoms with E-state index in [1.165, 1.54) is 19.3 Å². The number of nitrogens with zero attached hydrogens (tertiary/aromatic N) is 1. The third kappa shape index (κ3) is 6.05. The van der Waals surface area contributed by atoms with Gasteiger partial charge in [0.1, 0.15) is 0 Å². The number of hydrazine groups is 1. The number of methoxy groups -OCH3 is 1. The van der Waals surface area contributed by atoms with E-state index in [4.69, 9.17) is 4.74 Å². The van der Waals surface area contributed by atoms with Gasteiger partial charge in [0.05, 0.1) is 6.54 Å². The molecule has 0 aromatic rings. The van der Waals surface area contributed by atoms with E-state index in [1.807, 2.05) is 0 Å². The molecule has 1 fully saturated rings. The average Bonchev–Trinajstić information content (AvgIpc) is 2.33. The quantitative estimate of drug-likeness (QED) is 0.609. The van der Waals surface area contributed by atoms with Crippen LogP contribution in [0.2, 0.25) is 0 Å². The van der Waals surface area contributed by atoms with Crippen LogP contribution >= 0.6 is 0 Å². The molecule has 0 unspecified atom stereocenters. The minimum atomic E-state index is 0.0571. The van der Waals surface area contributed by atoms with Gasteiger partial charge in [-0.2, -0.15) is 0 Å². The molecule has 0 radical (unpaired) electrons. The van der Waals surface area contributed by atoms with Crippen molar-refractivity contribution < 1.29 is 9.53 Å². The molecule has 1 saturated heterocycles. The van der Waals surface area contributed by atoms with Crippen LogP contribution < -0.4 is 10.7 Å². The Hall–Kier alpha value is -0.650. The van der Waals surface area contributed by atoms with Gasteiger partial charge in [-0.25, -0.2) is 10.4 Å². The normalized spacial score (nSPS) is 17.3. The van der Waals surface area contributed by atoms with Gasteiger partial charge in [0.25, 0.3) is 0 Å². The summed E-state index contributed by atoms with van der Waals surface area (Å²) in [5.74, 6) is 0.0571. The maximum atomic E-state index is 11.4. The molecule has 5 heteroatoms. The van der Waals surface area contributed by atoms with Gasteiger partial charge in [0.2, 0.25) is 5.91 Å². The molecule has 0 saturated carbocycles. The zero-order valence-electron chi connectivity index (χ0n) is 10.1. The summed E-state index contributed by atoms with van der Waals surface area (Å²) in [5.41, 5.74) is 3.15. The second-order valence-electron chi connectivity index (χ2n) is 4.08. The molecule has 0 aliphatic carbocycles. The van der Waals surface area contributed by atoms with Gasteiger partial charge in [-0.1, -0.05) is 6.42 Å². The molecule has 1 aliphatic heterocycles. The van der Waals surface area contributed by atoms with Crippen molar-refractivity contribution in [1.29, 1.82) is 0 Å². The van der Waals surface area contributed by atoms with Gasteiger partial charge in [-0.15, -0.1) is 0 Å². The van der Waals surface area contributed by atoms with Crippen molar-refractivity contribution >= 4 is 5.91 Å². The monoisotopic (exact) mass is 229 g/mol. The molecule has 94 valence electrons. The van der Waals surface area contributed by atoms with E-state index >= 15 is 0 Å². The number of carbonyl (C=O) groups is 1. The van der Waals surface area contributed by atoms with Crippen LogP contribution in [0.4, 0.5) is 0 Å². The summed E-state index contributed by atoms with van der Waals surface area (Å²) in [6, 6.07) is 0. The smallest absolute Gasteiger partial charge is 0.235 e. The molecule has 2 N–H and O–H groups in total. The van der Waals surface area contributed by atoms with Crippen LogP contribution in [0.25, 0.3) is 0 Å². The van der Waals surface area contributed by atoms with Gasteiger partial charge in [-0.05, 0) is 19.3 Å². The van der Waals surface area contributed by atoms with E-state index < -0.39 is 0 Å². The SMILES string of the molecule is COCCCNC(=O)CNN1CCCCC1. The summed E-state index contributed by atoms with van der Waals surface area (Å²) in [4.78, 5) is 11.4. The van der Waals surface area contributed by atoms with Gasteiger partial charge in [0.15, 0.2) is 0 Å². The Balaban J connectivity index is 1.96. The fourth-order valence-electron chi connectivity index (χ4n) is 1.74. The Morgan fingerprint density at radius 3 is 2.75 bits per heavy atom. The van der Waals surface area contributed by atoms with E-state index in [0.29, 0.717) is 19.7 Å². The number of hydrogen-bond acceptors (Lipinski definition) is 4. The van der Waals surface area contributed by atoms with Crippen molar-refractivity contribution in [3.8, 4) is 0 Å². The number of hydrogen-bond donors (Lipinski definition) is 2. The number of ether oxygens (including phenoxy) is 1. The molecular formula is C11H23N3O2. The zero-order valence-corrected chi connectivity index (χ0v) is 10.1. The first-order valence-electron chi connectivity index (χ1n) is 6.07. The minimum Gasteiger partial charge on any atom is -0.385 e. The van der Waals surface area contributed by atoms with Crippen LogP contribution in [0.3, 0.4) is 0 Å². The van der Waals surface area contributed by atoms with E-state index in [2.05, 4.69) is 15.8 Å². The molecular weight excluding hydrogens is 206 g/mol. The van der Waals surface area contributed by atoms with E-state index in [0.717, 1.165) is 19.5 Å². The third-order valence-corrected chi connectivity index (χ3v) is 2.67. The summed E-state index contributed by atoms with van der Waals surface area (Å²) in [5, 5.41) is 4.99. The summed E-state index contributed by atoms with van der Waals surface area (Å²) in [6.07, 6.45) is 4.62. The molecule has 1 heterocycles. The maximum absolute atomic E-state index is 11.4. The predicted octanol–water partition coefficient (Wildman–Crippen LogP) is 0.130. The summed E-state index contributed by atoms with van der Waals surface area (Å²) >= 11 is 0. The molecule has 0 spiro atoms. The topological polar surface area (TPSA) is 53.6 Å². The number of rotatable bonds is 7. The predicted molar refractivity (Wildman–Crippen MR) is 62.9 cm³/mol. The van der Waals surface area contributed by atoms with Crippen molar-refractivity contribution in [3.05, 3.63) is 0 Å². The third-order valence-electron chi connectivity index (χ3n) is 2.67. The number of amides is 1. The zero-order chi connectivity index (χ0) is 11.6. The van der Waals surface area contributed by atoms with E-state index in [9.17, 15) is 4.79 Å². The second kappa shape index (κ2) is 8.50. The lowest BCUT2D eigenvalue weighted by Gasteiger charge is -2.26. The van der Waals surface area contributed by atoms with E-state index in [1.54, 1.807) is 7.11 Å². The number of nitrogens with one attached hydrogen (secondary N) is 2. The Bertz CT molecular complexity index is 194. The van der Waals surface area contributed by atoms with E-state index in [-0.39, 0.29) is 5.91 Å². The Labute approximate surface area is 97.5 Å². The molecule has 1 aliphatic rings. The fourth-order valence-corrected chi connectivity index (χ4v) is 1.74. The molecule has 0 atom stereocenters. The van der Waals surface area contributed by atoms with Crippen molar-refractivity contribution in [2.24, 2.45) is 0 Å². The molecule has 0 aromatic heterocycles. The van der Waals surface area contributed by atoms with Crippen LogP contribution in [0.15, 0.2) is 0 Å². The minimum absolute atomic E-state index is 0.0571. The number of carbonyl (C=O) groups excluding carboxylic acids is 1. The highest BCUT2D eigenvalue weighted by atomic mass is 16.5. The van der Waals surface area contributed by atoms with Gasteiger partial charge in [-0.3, -0.25) is 4.79 Å². The first-order chi connectivity index (χ1) is 7.83. The van der Waals surface area contributed by atoms with Crippen molar-refractivity contribution in [1.82, 2.24) is 15.8 Å². The molecule has 16 heavy (non-hydrogen) atoms. The van der Waals surface area contributed by atoms with Crippen molar-refractivity contribution in [2.75, 3.05) is 39.9 Å². The van der Waals surface area contributed by atoms with Crippen molar-refractivity contribution in [2.45, 2.75) is 25.7 Å². The highest BCUT2D eigenvalue weighted by molar-refractivity contribution is 5.77. The summed E-state index contributed by atoms with van der Waals surface area (Å²) in [6.45, 7) is 3.87. The summed E-state index contributed by atoms with van der Waals surface area (Å²) < 4.78 is 4.90. The van der Waals surface area contributed by atoms with Crippen LogP contribution in [-0.2, 0) is 9.53 Å². The van der Waals surface area contributed by atoms with Crippen LogP contribution in [0, 0.1) is 0 Å². The van der Waals surface area contributed by atoms with Gasteiger partial charge in [0, 0.05) is 33.4 Å². The Kier molecular flexibility index (Phi) is 7.12. The van der Waals surface area contributed by atoms with Crippen LogP contribution in [0.1, 0.15) is 25.7 Å². The highest BCUT2D eigenvalue weighted by Crippen LogP contribution is 2.05. The lowest BCUT2D eigenvalue weighted by atomic mass is 10.2. The molecule has 1 amide bonds. The lowest BCUT2D eigenvalue weighted by molar-refractivity contribution is -0.121. The Morgan fingerprint density at radius 1 is 1.31 bits per heavy atom. The van der Waals surface area contributed by atoms with Crippen LogP contribution in [-0.4, -0.2) is 50.8 Å². The molecule has 5 nitrogen and oxygen atoms in total. The van der Waals surface area contributed by atoms with Crippen molar-refractivity contribution in [3.63, 3.8) is 0 Å². The fraction of sp³-hybridized carbons (Fsp3) is 0.909. The molecule has 1 rings (SSSR count). The maximum Gasteiger partial charge on any atom is 0.235 e. The average molecular weight is 229 g/mol. The van der Waals surface area contributed by atoms with Crippen LogP contribution in [0.5, 0.6) is 0 Å². The Morgan fingerprint density at radius 2 is 2.06 bits per heavy atom. The molecule has 0 bridgehead atoms. The first-order valence-corrected chi connectivity index (χ1v) is 6.07. The largest absolute Gasteiger partial charge is 0.385 e. The summed E-state index contributed by atoms with van der Waals surface area (Å²) in [7, 11) is 1.67. The van der Waals surface area contributed by atoms with Gasteiger partial charge < -0.3 is 10.1 Å². The standard InChI is InChI=1S/C11H23N3O2/c1-16-9-5-6-12-11(15)10-13-14-7-3-2-4-8-14/h13H,2-10H2,1H3,(H,12,15). The number of piperidine rings is 1. The van der Waals surface area contributed by atoms with Gasteiger partial charge >= 0.3 is 0 Å². The first kappa shape index (κ1) is 13.4. The molecule has 0 aromatic carbocycles. The lowest BCUT2D eigenvalue weighted by Crippen LogP contribution is -2.46. The second-order valence-corrected chi connectivity index (χ2v) is 4.08.